The highest BCUT2D eigenvalue weighted by atomic mass is 32.3. The van der Waals surface area contributed by atoms with Crippen molar-refractivity contribution in [2.75, 3.05) is 12.4 Å². The maximum Gasteiger partial charge on any atom is 0.421 e. The maximum absolute atomic E-state index is 9.22. The molecule has 0 saturated heterocycles. The summed E-state index contributed by atoms with van der Waals surface area (Å²) in [5.74, 6) is 0.805. The fourth-order valence-corrected chi connectivity index (χ4v) is 1.82. The van der Waals surface area contributed by atoms with Crippen molar-refractivity contribution in [2.24, 2.45) is 24.3 Å². The summed E-state index contributed by atoms with van der Waals surface area (Å²) in [6.07, 6.45) is 3.90. The first-order chi connectivity index (χ1) is 11.6. The van der Waals surface area contributed by atoms with Crippen LogP contribution in [-0.2, 0) is 28.7 Å². The molecule has 0 bridgehead atoms. The molecule has 0 saturated carbocycles. The molecule has 25 heavy (non-hydrogen) atoms. The topological polar surface area (TPSA) is 112 Å². The van der Waals surface area contributed by atoms with Crippen molar-refractivity contribution in [1.29, 1.82) is 0 Å². The maximum atomic E-state index is 9.22. The predicted octanol–water partition coefficient (Wildman–Crippen LogP) is 2.18. The molecular formula is C15H23N5O4S. The Kier molecular flexibility index (Phi) is 7.68. The van der Waals surface area contributed by atoms with Crippen LogP contribution in [-0.4, -0.2) is 30.7 Å². The van der Waals surface area contributed by atoms with Crippen LogP contribution in [0.2, 0.25) is 0 Å². The molecule has 0 amide bonds. The number of imidazole rings is 1. The molecule has 0 radical (unpaired) electrons. The summed E-state index contributed by atoms with van der Waals surface area (Å²) in [6, 6.07) is 8.29. The highest BCUT2D eigenvalue weighted by molar-refractivity contribution is 7.80. The predicted molar refractivity (Wildman–Crippen MR) is 92.7 cm³/mol. The minimum absolute atomic E-state index is 0.363. The number of para-hydroxylation sites is 1. The quantitative estimate of drug-likeness (QED) is 0.376. The van der Waals surface area contributed by atoms with E-state index in [4.69, 9.17) is 0 Å². The van der Waals surface area contributed by atoms with Gasteiger partial charge in [-0.1, -0.05) is 17.2 Å². The van der Waals surface area contributed by atoms with Crippen molar-refractivity contribution in [3.8, 4) is 0 Å². The van der Waals surface area contributed by atoms with Gasteiger partial charge in [-0.25, -0.2) is 17.6 Å². The zero-order valence-electron chi connectivity index (χ0n) is 14.9. The van der Waals surface area contributed by atoms with Gasteiger partial charge in [0.1, 0.15) is 5.69 Å². The van der Waals surface area contributed by atoms with Gasteiger partial charge in [0.2, 0.25) is 10.4 Å². The normalized spacial score (nSPS) is 11.5. The molecule has 2 aromatic rings. The molecule has 9 nitrogen and oxygen atoms in total. The second-order valence-corrected chi connectivity index (χ2v) is 6.56. The second-order valence-electron chi connectivity index (χ2n) is 5.41. The van der Waals surface area contributed by atoms with Gasteiger partial charge in [-0.2, -0.15) is 0 Å². The lowest BCUT2D eigenvalue weighted by molar-refractivity contribution is -0.657. The molecule has 2 rings (SSSR count). The Morgan fingerprint density at radius 1 is 1.28 bits per heavy atom. The van der Waals surface area contributed by atoms with Gasteiger partial charge in [0.05, 0.1) is 39.3 Å². The first-order valence-electron chi connectivity index (χ1n) is 7.43. The average Bonchev–Trinajstić information content (AvgIpc) is 2.85. The van der Waals surface area contributed by atoms with E-state index in [1.54, 1.807) is 0 Å². The lowest BCUT2D eigenvalue weighted by Crippen LogP contribution is -2.25. The summed E-state index contributed by atoms with van der Waals surface area (Å²) in [7, 11) is 0.298. The number of nitrogens with one attached hydrogen (secondary N) is 1. The molecule has 1 heterocycles. The standard InChI is InChI=1S/C14H19N5.CH4O4S/c1-11(2)15-12-7-5-6-8-13(12)16-17-14-18(3)9-10-19(14)4;1-5-6(2,3)4/h5-11H,1-4H3;1H3,(H,2,3,4). The Morgan fingerprint density at radius 3 is 2.36 bits per heavy atom. The molecule has 0 aliphatic carbocycles. The number of anilines is 1. The molecule has 1 aromatic carbocycles. The van der Waals surface area contributed by atoms with E-state index in [0.717, 1.165) is 24.4 Å². The molecular weight excluding hydrogens is 346 g/mol. The molecule has 0 spiro atoms. The van der Waals surface area contributed by atoms with Crippen molar-refractivity contribution in [1.82, 2.24) is 4.57 Å². The highest BCUT2D eigenvalue weighted by Gasteiger charge is 2.11. The fourth-order valence-electron chi connectivity index (χ4n) is 1.82. The fraction of sp³-hybridized carbons (Fsp3) is 0.400. The van der Waals surface area contributed by atoms with E-state index in [1.165, 1.54) is 0 Å². The third-order valence-electron chi connectivity index (χ3n) is 2.94. The van der Waals surface area contributed by atoms with Crippen molar-refractivity contribution in [3.63, 3.8) is 0 Å². The summed E-state index contributed by atoms with van der Waals surface area (Å²) in [6.45, 7) is 4.20. The van der Waals surface area contributed by atoms with E-state index in [9.17, 15) is 13.0 Å². The Labute approximate surface area is 147 Å². The second kappa shape index (κ2) is 9.25. The molecule has 0 atom stereocenters. The smallest absolute Gasteiger partial charge is 0.421 e. The van der Waals surface area contributed by atoms with Crippen molar-refractivity contribution < 1.29 is 21.7 Å². The van der Waals surface area contributed by atoms with Gasteiger partial charge in [-0.3, -0.25) is 4.18 Å². The summed E-state index contributed by atoms with van der Waals surface area (Å²) in [5, 5.41) is 12.0. The molecule has 0 unspecified atom stereocenters. The Hall–Kier alpha value is -2.30. The monoisotopic (exact) mass is 369 g/mol. The number of hydrogen-bond donors (Lipinski definition) is 1. The third-order valence-corrected chi connectivity index (χ3v) is 3.35. The van der Waals surface area contributed by atoms with Crippen LogP contribution in [0.5, 0.6) is 0 Å². The van der Waals surface area contributed by atoms with Gasteiger partial charge in [0.15, 0.2) is 0 Å². The van der Waals surface area contributed by atoms with E-state index in [1.807, 2.05) is 59.9 Å². The molecule has 0 fully saturated rings. The highest BCUT2D eigenvalue weighted by Crippen LogP contribution is 2.26. The van der Waals surface area contributed by atoms with Gasteiger partial charge in [0, 0.05) is 11.2 Å². The van der Waals surface area contributed by atoms with Gasteiger partial charge < -0.3 is 9.87 Å². The van der Waals surface area contributed by atoms with Crippen LogP contribution in [0.25, 0.3) is 0 Å². The van der Waals surface area contributed by atoms with E-state index < -0.39 is 10.4 Å². The SMILES string of the molecule is CC(C)Nc1ccccc1N=Nc1n(C)cc[n+]1C.COS(=O)(=O)[O-]. The van der Waals surface area contributed by atoms with Crippen LogP contribution in [0.4, 0.5) is 17.3 Å². The Bertz CT molecular complexity index is 796. The van der Waals surface area contributed by atoms with Crippen LogP contribution in [0, 0.1) is 0 Å². The Balaban J connectivity index is 0.000000450. The lowest BCUT2D eigenvalue weighted by Gasteiger charge is -2.10. The minimum Gasteiger partial charge on any atom is -0.726 e. The Morgan fingerprint density at radius 2 is 1.88 bits per heavy atom. The first-order valence-corrected chi connectivity index (χ1v) is 8.77. The van der Waals surface area contributed by atoms with Crippen LogP contribution in [0.1, 0.15) is 13.8 Å². The van der Waals surface area contributed by atoms with Crippen LogP contribution < -0.4 is 9.88 Å². The number of aromatic nitrogens is 2. The van der Waals surface area contributed by atoms with Gasteiger partial charge in [0.25, 0.3) is 0 Å². The van der Waals surface area contributed by atoms with Gasteiger partial charge in [-0.05, 0) is 26.0 Å². The van der Waals surface area contributed by atoms with E-state index in [0.29, 0.717) is 6.04 Å². The molecule has 1 N–H and O–H groups in total. The summed E-state index contributed by atoms with van der Waals surface area (Å²) in [5.41, 5.74) is 1.84. The number of hydrogen-bond acceptors (Lipinski definition) is 7. The average molecular weight is 369 g/mol. The van der Waals surface area contributed by atoms with Crippen LogP contribution in [0.15, 0.2) is 46.9 Å². The molecule has 1 aromatic heterocycles. The number of nitrogens with zero attached hydrogens (tertiary/aromatic N) is 4. The van der Waals surface area contributed by atoms with Crippen molar-refractivity contribution >= 4 is 27.7 Å². The lowest BCUT2D eigenvalue weighted by atomic mass is 10.2. The number of azo groups is 1. The number of benzene rings is 1. The van der Waals surface area contributed by atoms with E-state index >= 15 is 0 Å². The number of rotatable bonds is 5. The van der Waals surface area contributed by atoms with E-state index in [-0.39, 0.29) is 0 Å². The zero-order valence-corrected chi connectivity index (χ0v) is 15.7. The third kappa shape index (κ3) is 7.42. The zero-order chi connectivity index (χ0) is 19.0. The summed E-state index contributed by atoms with van der Waals surface area (Å²) in [4.78, 5) is 0. The van der Waals surface area contributed by atoms with Crippen molar-refractivity contribution in [2.45, 2.75) is 19.9 Å². The summed E-state index contributed by atoms with van der Waals surface area (Å²) < 4.78 is 34.9. The molecule has 138 valence electrons. The largest absolute Gasteiger partial charge is 0.726 e. The molecule has 10 heteroatoms. The minimum atomic E-state index is -4.41. The van der Waals surface area contributed by atoms with Gasteiger partial charge >= 0.3 is 5.95 Å². The molecule has 0 aliphatic rings. The number of aryl methyl sites for hydroxylation is 2. The van der Waals surface area contributed by atoms with Crippen LogP contribution >= 0.6 is 0 Å². The van der Waals surface area contributed by atoms with E-state index in [2.05, 4.69) is 33.6 Å². The van der Waals surface area contributed by atoms with Crippen LogP contribution in [0.3, 0.4) is 0 Å². The van der Waals surface area contributed by atoms with Crippen molar-refractivity contribution in [3.05, 3.63) is 36.7 Å². The van der Waals surface area contributed by atoms with Gasteiger partial charge in [-0.15, -0.1) is 0 Å². The summed E-state index contributed by atoms with van der Waals surface area (Å²) >= 11 is 0. The first kappa shape index (κ1) is 20.7. The molecule has 0 aliphatic heterocycles.